The van der Waals surface area contributed by atoms with Gasteiger partial charge in [-0.1, -0.05) is 18.2 Å². The topological polar surface area (TPSA) is 40.6 Å². The van der Waals surface area contributed by atoms with Gasteiger partial charge in [0.05, 0.1) is 0 Å². The second-order valence-corrected chi connectivity index (χ2v) is 5.96. The van der Waals surface area contributed by atoms with Gasteiger partial charge in [0.25, 0.3) is 5.91 Å². The molecule has 1 heterocycles. The summed E-state index contributed by atoms with van der Waals surface area (Å²) < 4.78 is 0. The number of hydrogen-bond acceptors (Lipinski definition) is 3. The van der Waals surface area contributed by atoms with E-state index in [1.165, 1.54) is 0 Å². The van der Waals surface area contributed by atoms with E-state index in [1.807, 2.05) is 35.2 Å². The molecular formula is C17H22N2O2. The highest BCUT2D eigenvalue weighted by Crippen LogP contribution is 2.22. The van der Waals surface area contributed by atoms with Gasteiger partial charge < -0.3 is 4.90 Å². The van der Waals surface area contributed by atoms with Crippen LogP contribution < -0.4 is 0 Å². The summed E-state index contributed by atoms with van der Waals surface area (Å²) in [6.45, 7) is 3.44. The molecule has 2 aliphatic rings. The molecule has 0 spiro atoms. The first-order valence-corrected chi connectivity index (χ1v) is 7.84. The SMILES string of the molecule is O=C1CCC(N2CCN(C(=O)c3ccccc3)CC2)CC1. The Labute approximate surface area is 125 Å². The monoisotopic (exact) mass is 286 g/mol. The smallest absolute Gasteiger partial charge is 0.253 e. The van der Waals surface area contributed by atoms with E-state index in [-0.39, 0.29) is 5.91 Å². The molecule has 0 aromatic heterocycles. The minimum atomic E-state index is 0.133. The first-order chi connectivity index (χ1) is 10.2. The Morgan fingerprint density at radius 3 is 2.19 bits per heavy atom. The maximum atomic E-state index is 12.4. The highest BCUT2D eigenvalue weighted by atomic mass is 16.2. The van der Waals surface area contributed by atoms with Crippen molar-refractivity contribution in [3.63, 3.8) is 0 Å². The third kappa shape index (κ3) is 3.32. The molecule has 1 saturated carbocycles. The van der Waals surface area contributed by atoms with Crippen molar-refractivity contribution in [2.45, 2.75) is 31.7 Å². The summed E-state index contributed by atoms with van der Waals surface area (Å²) in [7, 11) is 0. The fourth-order valence-electron chi connectivity index (χ4n) is 3.34. The van der Waals surface area contributed by atoms with Crippen LogP contribution in [0.2, 0.25) is 0 Å². The van der Waals surface area contributed by atoms with E-state index in [1.54, 1.807) is 0 Å². The van der Waals surface area contributed by atoms with Gasteiger partial charge in [0.1, 0.15) is 5.78 Å². The lowest BCUT2D eigenvalue weighted by Gasteiger charge is -2.40. The maximum absolute atomic E-state index is 12.4. The number of nitrogens with zero attached hydrogens (tertiary/aromatic N) is 2. The van der Waals surface area contributed by atoms with Gasteiger partial charge in [0.2, 0.25) is 0 Å². The van der Waals surface area contributed by atoms with E-state index < -0.39 is 0 Å². The standard InChI is InChI=1S/C17H22N2O2/c20-16-8-6-15(7-9-16)18-10-12-19(13-11-18)17(21)14-4-2-1-3-5-14/h1-5,15H,6-13H2. The van der Waals surface area contributed by atoms with Crippen molar-refractivity contribution >= 4 is 11.7 Å². The molecule has 3 rings (SSSR count). The van der Waals surface area contributed by atoms with Crippen molar-refractivity contribution in [1.29, 1.82) is 0 Å². The zero-order chi connectivity index (χ0) is 14.7. The Bertz CT molecular complexity index is 497. The first-order valence-electron chi connectivity index (χ1n) is 7.84. The van der Waals surface area contributed by atoms with Crippen LogP contribution in [0.1, 0.15) is 36.0 Å². The van der Waals surface area contributed by atoms with Crippen LogP contribution in [0, 0.1) is 0 Å². The summed E-state index contributed by atoms with van der Waals surface area (Å²) in [6, 6.07) is 10.0. The molecule has 0 radical (unpaired) electrons. The highest BCUT2D eigenvalue weighted by Gasteiger charge is 2.28. The minimum absolute atomic E-state index is 0.133. The van der Waals surface area contributed by atoms with E-state index in [4.69, 9.17) is 0 Å². The number of benzene rings is 1. The molecule has 21 heavy (non-hydrogen) atoms. The van der Waals surface area contributed by atoms with Crippen molar-refractivity contribution in [1.82, 2.24) is 9.80 Å². The summed E-state index contributed by atoms with van der Waals surface area (Å²) in [5, 5.41) is 0. The van der Waals surface area contributed by atoms with Crippen LogP contribution in [0.5, 0.6) is 0 Å². The molecule has 1 aliphatic carbocycles. The predicted molar refractivity (Wildman–Crippen MR) is 81.2 cm³/mol. The van der Waals surface area contributed by atoms with Crippen LogP contribution in [0.15, 0.2) is 30.3 Å². The molecule has 1 aromatic rings. The molecule has 0 atom stereocenters. The molecule has 4 heteroatoms. The average molecular weight is 286 g/mol. The summed E-state index contributed by atoms with van der Waals surface area (Å²) in [6.07, 6.45) is 3.44. The summed E-state index contributed by atoms with van der Waals surface area (Å²) in [4.78, 5) is 28.1. The second kappa shape index (κ2) is 6.39. The van der Waals surface area contributed by atoms with Crippen molar-refractivity contribution in [2.24, 2.45) is 0 Å². The fraction of sp³-hybridized carbons (Fsp3) is 0.529. The largest absolute Gasteiger partial charge is 0.336 e. The Kier molecular flexibility index (Phi) is 4.34. The van der Waals surface area contributed by atoms with Crippen molar-refractivity contribution in [2.75, 3.05) is 26.2 Å². The van der Waals surface area contributed by atoms with E-state index >= 15 is 0 Å². The lowest BCUT2D eigenvalue weighted by molar-refractivity contribution is -0.121. The molecule has 0 bridgehead atoms. The Balaban J connectivity index is 1.53. The van der Waals surface area contributed by atoms with Crippen LogP contribution in [0.25, 0.3) is 0 Å². The number of carbonyl (C=O) groups is 2. The van der Waals surface area contributed by atoms with Gasteiger partial charge in [-0.05, 0) is 25.0 Å². The lowest BCUT2D eigenvalue weighted by Crippen LogP contribution is -2.52. The number of amides is 1. The first kappa shape index (κ1) is 14.3. The van der Waals surface area contributed by atoms with Crippen LogP contribution in [-0.2, 0) is 4.79 Å². The van der Waals surface area contributed by atoms with E-state index in [9.17, 15) is 9.59 Å². The van der Waals surface area contributed by atoms with Crippen LogP contribution in [0.4, 0.5) is 0 Å². The highest BCUT2D eigenvalue weighted by molar-refractivity contribution is 5.94. The second-order valence-electron chi connectivity index (χ2n) is 5.96. The molecule has 4 nitrogen and oxygen atoms in total. The number of piperazine rings is 1. The number of Topliss-reactive ketones (excluding diaryl/α,β-unsaturated/α-hetero) is 1. The molecular weight excluding hydrogens is 264 g/mol. The zero-order valence-corrected chi connectivity index (χ0v) is 12.3. The van der Waals surface area contributed by atoms with Crippen LogP contribution in [0.3, 0.4) is 0 Å². The summed E-state index contributed by atoms with van der Waals surface area (Å²) in [5.74, 6) is 0.540. The van der Waals surface area contributed by atoms with Gasteiger partial charge in [0.15, 0.2) is 0 Å². The molecule has 0 N–H and O–H groups in total. The van der Waals surface area contributed by atoms with Gasteiger partial charge in [-0.15, -0.1) is 0 Å². The molecule has 1 aliphatic heterocycles. The minimum Gasteiger partial charge on any atom is -0.336 e. The maximum Gasteiger partial charge on any atom is 0.253 e. The predicted octanol–water partition coefficient (Wildman–Crippen LogP) is 1.96. The molecule has 1 saturated heterocycles. The average Bonchev–Trinajstić information content (AvgIpc) is 2.56. The Morgan fingerprint density at radius 2 is 1.57 bits per heavy atom. The summed E-state index contributed by atoms with van der Waals surface area (Å²) >= 11 is 0. The van der Waals surface area contributed by atoms with E-state index in [0.717, 1.165) is 57.4 Å². The van der Waals surface area contributed by atoms with Gasteiger partial charge in [-0.3, -0.25) is 14.5 Å². The molecule has 2 fully saturated rings. The third-order valence-electron chi connectivity index (χ3n) is 4.65. The molecule has 1 amide bonds. The number of hydrogen-bond donors (Lipinski definition) is 0. The van der Waals surface area contributed by atoms with E-state index in [2.05, 4.69) is 4.90 Å². The van der Waals surface area contributed by atoms with Crippen molar-refractivity contribution < 1.29 is 9.59 Å². The normalized spacial score (nSPS) is 21.5. The quantitative estimate of drug-likeness (QED) is 0.834. The number of rotatable bonds is 2. The molecule has 1 aromatic carbocycles. The van der Waals surface area contributed by atoms with Crippen molar-refractivity contribution in [3.8, 4) is 0 Å². The number of carbonyl (C=O) groups excluding carboxylic acids is 2. The number of ketones is 1. The Hall–Kier alpha value is -1.68. The zero-order valence-electron chi connectivity index (χ0n) is 12.3. The molecule has 0 unspecified atom stereocenters. The van der Waals surface area contributed by atoms with Gasteiger partial charge >= 0.3 is 0 Å². The fourth-order valence-corrected chi connectivity index (χ4v) is 3.34. The van der Waals surface area contributed by atoms with Gasteiger partial charge in [-0.2, -0.15) is 0 Å². The van der Waals surface area contributed by atoms with Gasteiger partial charge in [-0.25, -0.2) is 0 Å². The van der Waals surface area contributed by atoms with Crippen LogP contribution in [-0.4, -0.2) is 53.7 Å². The van der Waals surface area contributed by atoms with Gasteiger partial charge in [0, 0.05) is 50.6 Å². The Morgan fingerprint density at radius 1 is 0.952 bits per heavy atom. The van der Waals surface area contributed by atoms with Crippen LogP contribution >= 0.6 is 0 Å². The lowest BCUT2D eigenvalue weighted by atomic mass is 9.93. The third-order valence-corrected chi connectivity index (χ3v) is 4.65. The van der Waals surface area contributed by atoms with Crippen molar-refractivity contribution in [3.05, 3.63) is 35.9 Å². The summed E-state index contributed by atoms with van der Waals surface area (Å²) in [5.41, 5.74) is 0.772. The van der Waals surface area contributed by atoms with E-state index in [0.29, 0.717) is 11.8 Å². The molecule has 112 valence electrons.